The van der Waals surface area contributed by atoms with Crippen molar-refractivity contribution < 1.29 is 13.2 Å². The summed E-state index contributed by atoms with van der Waals surface area (Å²) in [5.74, 6) is 0.226. The molecule has 3 aromatic rings. The number of nitrogens with zero attached hydrogens (tertiary/aromatic N) is 3. The molecule has 3 rings (SSSR count). The molecule has 0 N–H and O–H groups in total. The standard InChI is InChI=1S/C22H22F3N3S/c1-3-4-9-16-10-8-11-17(14-16)28(2)21-26-15-19(22(23,24)25)20(27-21)29-18-12-6-5-7-13-18/h5-8,10-15H,3-4,9H2,1-2H3. The van der Waals surface area contributed by atoms with Crippen LogP contribution in [-0.4, -0.2) is 17.0 Å². The average Bonchev–Trinajstić information content (AvgIpc) is 2.72. The molecule has 0 fully saturated rings. The zero-order valence-electron chi connectivity index (χ0n) is 16.3. The molecule has 0 aliphatic heterocycles. The number of aromatic nitrogens is 2. The van der Waals surface area contributed by atoms with Crippen molar-refractivity contribution in [3.05, 3.63) is 71.9 Å². The van der Waals surface area contributed by atoms with E-state index in [1.54, 1.807) is 36.2 Å². The van der Waals surface area contributed by atoms with Crippen LogP contribution in [0.2, 0.25) is 0 Å². The van der Waals surface area contributed by atoms with Gasteiger partial charge in [0.05, 0.1) is 0 Å². The van der Waals surface area contributed by atoms with Crippen LogP contribution < -0.4 is 4.90 Å². The van der Waals surface area contributed by atoms with E-state index in [1.165, 1.54) is 5.56 Å². The van der Waals surface area contributed by atoms with Crippen LogP contribution >= 0.6 is 11.8 Å². The van der Waals surface area contributed by atoms with Gasteiger partial charge >= 0.3 is 6.18 Å². The first-order chi connectivity index (χ1) is 13.9. The van der Waals surface area contributed by atoms with E-state index in [9.17, 15) is 13.2 Å². The second-order valence-electron chi connectivity index (χ2n) is 6.63. The maximum absolute atomic E-state index is 13.5. The summed E-state index contributed by atoms with van der Waals surface area (Å²) in [5, 5.41) is -0.109. The Hall–Kier alpha value is -2.54. The summed E-state index contributed by atoms with van der Waals surface area (Å²) in [5.41, 5.74) is 1.19. The Labute approximate surface area is 173 Å². The summed E-state index contributed by atoms with van der Waals surface area (Å²) in [7, 11) is 1.76. The summed E-state index contributed by atoms with van der Waals surface area (Å²) in [6.07, 6.45) is -0.509. The van der Waals surface area contributed by atoms with E-state index in [1.807, 2.05) is 24.3 Å². The fourth-order valence-corrected chi connectivity index (χ4v) is 3.73. The van der Waals surface area contributed by atoms with Gasteiger partial charge in [-0.3, -0.25) is 0 Å². The van der Waals surface area contributed by atoms with E-state index in [-0.39, 0.29) is 11.0 Å². The monoisotopic (exact) mass is 417 g/mol. The number of benzene rings is 2. The lowest BCUT2D eigenvalue weighted by molar-refractivity contribution is -0.140. The van der Waals surface area contributed by atoms with Crippen molar-refractivity contribution in [1.82, 2.24) is 9.97 Å². The zero-order valence-corrected chi connectivity index (χ0v) is 17.1. The van der Waals surface area contributed by atoms with Crippen molar-refractivity contribution in [3.63, 3.8) is 0 Å². The zero-order chi connectivity index (χ0) is 20.9. The number of alkyl halides is 3. The van der Waals surface area contributed by atoms with Crippen LogP contribution in [0.5, 0.6) is 0 Å². The minimum Gasteiger partial charge on any atom is -0.314 e. The van der Waals surface area contributed by atoms with E-state index in [4.69, 9.17) is 0 Å². The Balaban J connectivity index is 1.94. The molecule has 0 saturated heterocycles. The maximum Gasteiger partial charge on any atom is 0.420 e. The van der Waals surface area contributed by atoms with E-state index < -0.39 is 11.7 Å². The van der Waals surface area contributed by atoms with Gasteiger partial charge in [0.1, 0.15) is 10.6 Å². The van der Waals surface area contributed by atoms with Gasteiger partial charge in [-0.1, -0.05) is 55.4 Å². The SMILES string of the molecule is CCCCc1cccc(N(C)c2ncc(C(F)(F)F)c(Sc3ccccc3)n2)c1. The maximum atomic E-state index is 13.5. The van der Waals surface area contributed by atoms with Gasteiger partial charge in [-0.05, 0) is 42.7 Å². The number of halogens is 3. The molecule has 0 aliphatic carbocycles. The topological polar surface area (TPSA) is 29.0 Å². The Morgan fingerprint density at radius 3 is 2.48 bits per heavy atom. The smallest absolute Gasteiger partial charge is 0.314 e. The molecule has 29 heavy (non-hydrogen) atoms. The predicted molar refractivity (Wildman–Crippen MR) is 111 cm³/mol. The van der Waals surface area contributed by atoms with E-state index in [0.717, 1.165) is 42.9 Å². The number of rotatable bonds is 7. The minimum atomic E-state index is -4.52. The molecule has 1 aromatic heterocycles. The van der Waals surface area contributed by atoms with Crippen molar-refractivity contribution in [2.75, 3.05) is 11.9 Å². The molecule has 0 saturated carbocycles. The van der Waals surface area contributed by atoms with Crippen LogP contribution in [0.25, 0.3) is 0 Å². The van der Waals surface area contributed by atoms with Crippen LogP contribution in [0.15, 0.2) is 70.7 Å². The van der Waals surface area contributed by atoms with Gasteiger partial charge in [0.15, 0.2) is 0 Å². The van der Waals surface area contributed by atoms with Crippen molar-refractivity contribution in [3.8, 4) is 0 Å². The molecular weight excluding hydrogens is 395 g/mol. The Kier molecular flexibility index (Phi) is 6.79. The summed E-state index contributed by atoms with van der Waals surface area (Å²) in [6.45, 7) is 2.14. The molecule has 0 spiro atoms. The third kappa shape index (κ3) is 5.50. The molecule has 0 atom stereocenters. The molecule has 2 aromatic carbocycles. The van der Waals surface area contributed by atoms with Gasteiger partial charge in [0.25, 0.3) is 0 Å². The van der Waals surface area contributed by atoms with Crippen molar-refractivity contribution in [1.29, 1.82) is 0 Å². The summed E-state index contributed by atoms with van der Waals surface area (Å²) >= 11 is 0.984. The highest BCUT2D eigenvalue weighted by molar-refractivity contribution is 7.99. The Bertz CT molecular complexity index is 946. The van der Waals surface area contributed by atoms with Crippen LogP contribution in [0, 0.1) is 0 Å². The Morgan fingerprint density at radius 2 is 1.79 bits per heavy atom. The number of aryl methyl sites for hydroxylation is 1. The van der Waals surface area contributed by atoms with Crippen LogP contribution in [0.3, 0.4) is 0 Å². The lowest BCUT2D eigenvalue weighted by atomic mass is 10.1. The fourth-order valence-electron chi connectivity index (χ4n) is 2.81. The predicted octanol–water partition coefficient (Wildman–Crippen LogP) is 6.76. The van der Waals surface area contributed by atoms with E-state index >= 15 is 0 Å². The first-order valence-corrected chi connectivity index (χ1v) is 10.2. The molecule has 152 valence electrons. The molecule has 0 bridgehead atoms. The van der Waals surface area contributed by atoms with Crippen LogP contribution in [-0.2, 0) is 12.6 Å². The normalized spacial score (nSPS) is 11.5. The third-order valence-corrected chi connectivity index (χ3v) is 5.43. The molecule has 0 aliphatic rings. The first kappa shape index (κ1) is 21.2. The molecular formula is C22H22F3N3S. The minimum absolute atomic E-state index is 0.109. The highest BCUT2D eigenvalue weighted by Gasteiger charge is 2.35. The van der Waals surface area contributed by atoms with Gasteiger partial charge in [-0.25, -0.2) is 9.97 Å². The first-order valence-electron chi connectivity index (χ1n) is 9.38. The number of hydrogen-bond donors (Lipinski definition) is 0. The largest absolute Gasteiger partial charge is 0.420 e. The number of unbranched alkanes of at least 4 members (excludes halogenated alkanes) is 1. The molecule has 0 radical (unpaired) electrons. The lowest BCUT2D eigenvalue weighted by Crippen LogP contribution is -2.16. The van der Waals surface area contributed by atoms with Crippen LogP contribution in [0.4, 0.5) is 24.8 Å². The molecule has 1 heterocycles. The van der Waals surface area contributed by atoms with Crippen molar-refractivity contribution in [2.45, 2.75) is 42.3 Å². The average molecular weight is 418 g/mol. The number of hydrogen-bond acceptors (Lipinski definition) is 4. The van der Waals surface area contributed by atoms with Crippen LogP contribution in [0.1, 0.15) is 30.9 Å². The molecule has 0 amide bonds. The second kappa shape index (κ2) is 9.31. The van der Waals surface area contributed by atoms with Gasteiger partial charge in [0, 0.05) is 23.8 Å². The van der Waals surface area contributed by atoms with Gasteiger partial charge in [-0.2, -0.15) is 13.2 Å². The van der Waals surface area contributed by atoms with Gasteiger partial charge in [0.2, 0.25) is 5.95 Å². The summed E-state index contributed by atoms with van der Waals surface area (Å²) in [6, 6.07) is 16.8. The molecule has 3 nitrogen and oxygen atoms in total. The van der Waals surface area contributed by atoms with Gasteiger partial charge < -0.3 is 4.90 Å². The number of anilines is 2. The highest BCUT2D eigenvalue weighted by atomic mass is 32.2. The van der Waals surface area contributed by atoms with Gasteiger partial charge in [-0.15, -0.1) is 0 Å². The molecule has 0 unspecified atom stereocenters. The van der Waals surface area contributed by atoms with Crippen molar-refractivity contribution in [2.24, 2.45) is 0 Å². The third-order valence-electron chi connectivity index (χ3n) is 4.42. The fraction of sp³-hybridized carbons (Fsp3) is 0.273. The lowest BCUT2D eigenvalue weighted by Gasteiger charge is -2.20. The Morgan fingerprint density at radius 1 is 1.03 bits per heavy atom. The van der Waals surface area contributed by atoms with E-state index in [0.29, 0.717) is 4.90 Å². The summed E-state index contributed by atoms with van der Waals surface area (Å²) in [4.78, 5) is 10.7. The summed E-state index contributed by atoms with van der Waals surface area (Å²) < 4.78 is 40.4. The quantitative estimate of drug-likeness (QED) is 0.397. The highest BCUT2D eigenvalue weighted by Crippen LogP contribution is 2.39. The second-order valence-corrected chi connectivity index (χ2v) is 7.70. The molecule has 7 heteroatoms. The van der Waals surface area contributed by atoms with E-state index in [2.05, 4.69) is 23.0 Å². The van der Waals surface area contributed by atoms with Crippen molar-refractivity contribution >= 4 is 23.4 Å².